The van der Waals surface area contributed by atoms with Crippen LogP contribution in [0, 0.1) is 0 Å². The quantitative estimate of drug-likeness (QED) is 0.837. The summed E-state index contributed by atoms with van der Waals surface area (Å²) in [7, 11) is 0. The van der Waals surface area contributed by atoms with Gasteiger partial charge in [-0.05, 0) is 31.0 Å². The van der Waals surface area contributed by atoms with Crippen LogP contribution in [-0.4, -0.2) is 22.7 Å². The topological polar surface area (TPSA) is 85.4 Å². The van der Waals surface area contributed by atoms with Gasteiger partial charge in [-0.2, -0.15) is 0 Å². The maximum Gasteiger partial charge on any atom is 0.342 e. The average Bonchev–Trinajstić information content (AvgIpc) is 2.77. The number of thiazole rings is 1. The van der Waals surface area contributed by atoms with Crippen molar-refractivity contribution in [2.45, 2.75) is 25.9 Å². The fraction of sp³-hybridized carbons (Fsp3) is 0.385. The molecule has 1 aromatic carbocycles. The molecule has 19 heavy (non-hydrogen) atoms. The van der Waals surface area contributed by atoms with E-state index in [-0.39, 0.29) is 13.0 Å². The Morgan fingerprint density at radius 3 is 2.89 bits per heavy atom. The van der Waals surface area contributed by atoms with Crippen LogP contribution in [-0.2, 0) is 15.1 Å². The number of anilines is 1. The van der Waals surface area contributed by atoms with Crippen LogP contribution in [0.2, 0.25) is 0 Å². The van der Waals surface area contributed by atoms with Crippen LogP contribution in [0.3, 0.4) is 0 Å². The van der Waals surface area contributed by atoms with E-state index in [1.165, 1.54) is 11.3 Å². The zero-order valence-corrected chi connectivity index (χ0v) is 11.7. The van der Waals surface area contributed by atoms with Gasteiger partial charge < -0.3 is 15.6 Å². The molecule has 0 saturated heterocycles. The summed E-state index contributed by atoms with van der Waals surface area (Å²) in [6.45, 7) is 3.68. The average molecular weight is 280 g/mol. The molecule has 1 atom stereocenters. The van der Waals surface area contributed by atoms with Crippen LogP contribution in [0.4, 0.5) is 5.13 Å². The van der Waals surface area contributed by atoms with E-state index in [9.17, 15) is 9.90 Å². The molecule has 2 aromatic rings. The predicted molar refractivity (Wildman–Crippen MR) is 74.9 cm³/mol. The molecule has 0 saturated carbocycles. The van der Waals surface area contributed by atoms with Crippen molar-refractivity contribution in [2.24, 2.45) is 0 Å². The second-order valence-electron chi connectivity index (χ2n) is 4.17. The van der Waals surface area contributed by atoms with Gasteiger partial charge in [-0.25, -0.2) is 9.78 Å². The van der Waals surface area contributed by atoms with Crippen molar-refractivity contribution >= 4 is 32.7 Å². The van der Waals surface area contributed by atoms with E-state index in [2.05, 4.69) is 4.98 Å². The third-order valence-electron chi connectivity index (χ3n) is 3.01. The second kappa shape index (κ2) is 5.14. The number of ether oxygens (including phenoxy) is 1. The van der Waals surface area contributed by atoms with Gasteiger partial charge >= 0.3 is 5.97 Å². The Morgan fingerprint density at radius 2 is 2.26 bits per heavy atom. The highest BCUT2D eigenvalue weighted by molar-refractivity contribution is 7.22. The number of hydrogen-bond donors (Lipinski definition) is 2. The Morgan fingerprint density at radius 1 is 1.53 bits per heavy atom. The molecular weight excluding hydrogens is 264 g/mol. The highest BCUT2D eigenvalue weighted by Crippen LogP contribution is 2.32. The Balaban J connectivity index is 2.47. The van der Waals surface area contributed by atoms with E-state index < -0.39 is 11.6 Å². The third kappa shape index (κ3) is 2.41. The van der Waals surface area contributed by atoms with Gasteiger partial charge in [0.05, 0.1) is 16.8 Å². The molecule has 0 fully saturated rings. The van der Waals surface area contributed by atoms with Crippen molar-refractivity contribution < 1.29 is 14.6 Å². The number of esters is 1. The normalized spacial score (nSPS) is 14.3. The van der Waals surface area contributed by atoms with Crippen LogP contribution in [0.25, 0.3) is 10.2 Å². The summed E-state index contributed by atoms with van der Waals surface area (Å²) in [5, 5.41) is 11.0. The lowest BCUT2D eigenvalue weighted by Gasteiger charge is -2.24. The second-order valence-corrected chi connectivity index (χ2v) is 5.23. The lowest BCUT2D eigenvalue weighted by atomic mass is 9.91. The molecule has 102 valence electrons. The van der Waals surface area contributed by atoms with Crippen LogP contribution in [0.5, 0.6) is 0 Å². The standard InChI is InChI=1S/C13H16N2O3S/c1-3-13(17,11(16)18-4-2)8-5-6-9-10(7-8)19-12(14)15-9/h5-7,17H,3-4H2,1-2H3,(H2,14,15). The molecular formula is C13H16N2O3S. The van der Waals surface area contributed by atoms with Crippen molar-refractivity contribution in [3.8, 4) is 0 Å². The Labute approximate surface area is 115 Å². The van der Waals surface area contributed by atoms with Crippen LogP contribution >= 0.6 is 11.3 Å². The number of hydrogen-bond acceptors (Lipinski definition) is 6. The number of benzene rings is 1. The lowest BCUT2D eigenvalue weighted by Crippen LogP contribution is -2.36. The minimum atomic E-state index is -1.62. The van der Waals surface area contributed by atoms with Gasteiger partial charge in [0.25, 0.3) is 0 Å². The molecule has 1 heterocycles. The molecule has 0 spiro atoms. The van der Waals surface area contributed by atoms with E-state index in [0.717, 1.165) is 10.2 Å². The van der Waals surface area contributed by atoms with Gasteiger partial charge in [0, 0.05) is 0 Å². The zero-order chi connectivity index (χ0) is 14.0. The molecule has 0 amide bonds. The predicted octanol–water partition coefficient (Wildman–Crippen LogP) is 2.04. The smallest absolute Gasteiger partial charge is 0.342 e. The largest absolute Gasteiger partial charge is 0.464 e. The Kier molecular flexibility index (Phi) is 3.73. The van der Waals surface area contributed by atoms with Crippen LogP contribution in [0.15, 0.2) is 18.2 Å². The number of carbonyl (C=O) groups is 1. The summed E-state index contributed by atoms with van der Waals surface area (Å²) >= 11 is 1.32. The fourth-order valence-electron chi connectivity index (χ4n) is 1.92. The highest BCUT2D eigenvalue weighted by atomic mass is 32.1. The molecule has 5 nitrogen and oxygen atoms in total. The molecule has 0 bridgehead atoms. The molecule has 2 rings (SSSR count). The third-order valence-corrected chi connectivity index (χ3v) is 3.85. The molecule has 6 heteroatoms. The Bertz CT molecular complexity index is 611. The monoisotopic (exact) mass is 280 g/mol. The van der Waals surface area contributed by atoms with Crippen LogP contribution < -0.4 is 5.73 Å². The SMILES string of the molecule is CCOC(=O)C(O)(CC)c1ccc2nc(N)sc2c1. The van der Waals surface area contributed by atoms with E-state index in [4.69, 9.17) is 10.5 Å². The molecule has 0 aliphatic rings. The number of fused-ring (bicyclic) bond motifs is 1. The molecule has 0 aliphatic carbocycles. The summed E-state index contributed by atoms with van der Waals surface area (Å²) in [6, 6.07) is 5.17. The molecule has 3 N–H and O–H groups in total. The number of rotatable bonds is 4. The van der Waals surface area contributed by atoms with Crippen molar-refractivity contribution in [3.63, 3.8) is 0 Å². The molecule has 1 aromatic heterocycles. The maximum absolute atomic E-state index is 11.9. The number of nitrogens with two attached hydrogens (primary N) is 1. The number of aliphatic hydroxyl groups is 1. The maximum atomic E-state index is 11.9. The number of aromatic nitrogens is 1. The van der Waals surface area contributed by atoms with Gasteiger partial charge in [-0.1, -0.05) is 24.3 Å². The fourth-order valence-corrected chi connectivity index (χ4v) is 2.69. The van der Waals surface area contributed by atoms with E-state index in [1.54, 1.807) is 32.0 Å². The molecule has 0 radical (unpaired) electrons. The minimum Gasteiger partial charge on any atom is -0.464 e. The first-order valence-corrected chi connectivity index (χ1v) is 6.89. The number of carbonyl (C=O) groups excluding carboxylic acids is 1. The van der Waals surface area contributed by atoms with Crippen molar-refractivity contribution in [1.82, 2.24) is 4.98 Å². The first kappa shape index (κ1) is 13.8. The van der Waals surface area contributed by atoms with Gasteiger partial charge in [-0.15, -0.1) is 0 Å². The molecule has 0 aliphatic heterocycles. The van der Waals surface area contributed by atoms with Gasteiger partial charge in [-0.3, -0.25) is 0 Å². The van der Waals surface area contributed by atoms with Crippen LogP contribution in [0.1, 0.15) is 25.8 Å². The lowest BCUT2D eigenvalue weighted by molar-refractivity contribution is -0.166. The van der Waals surface area contributed by atoms with Gasteiger partial charge in [0.2, 0.25) is 0 Å². The summed E-state index contributed by atoms with van der Waals surface area (Å²) in [4.78, 5) is 16.1. The summed E-state index contributed by atoms with van der Waals surface area (Å²) < 4.78 is 5.78. The van der Waals surface area contributed by atoms with Gasteiger partial charge in [0.15, 0.2) is 10.7 Å². The number of nitrogens with zero attached hydrogens (tertiary/aromatic N) is 1. The minimum absolute atomic E-state index is 0.233. The zero-order valence-electron chi connectivity index (χ0n) is 10.8. The van der Waals surface area contributed by atoms with Crippen molar-refractivity contribution in [3.05, 3.63) is 23.8 Å². The summed E-state index contributed by atoms with van der Waals surface area (Å²) in [5.74, 6) is -0.630. The first-order valence-electron chi connectivity index (χ1n) is 6.07. The van der Waals surface area contributed by atoms with E-state index >= 15 is 0 Å². The summed E-state index contributed by atoms with van der Waals surface area (Å²) in [5.41, 5.74) is 5.28. The van der Waals surface area contributed by atoms with Crippen molar-refractivity contribution in [2.75, 3.05) is 12.3 Å². The van der Waals surface area contributed by atoms with E-state index in [0.29, 0.717) is 10.7 Å². The summed E-state index contributed by atoms with van der Waals surface area (Å²) in [6.07, 6.45) is 0.242. The highest BCUT2D eigenvalue weighted by Gasteiger charge is 2.37. The number of nitrogen functional groups attached to an aromatic ring is 1. The first-order chi connectivity index (χ1) is 9.01. The molecule has 1 unspecified atom stereocenters. The Hall–Kier alpha value is -1.66. The van der Waals surface area contributed by atoms with Crippen molar-refractivity contribution in [1.29, 1.82) is 0 Å². The van der Waals surface area contributed by atoms with E-state index in [1.807, 2.05) is 0 Å². The van der Waals surface area contributed by atoms with Gasteiger partial charge in [0.1, 0.15) is 0 Å².